The number of rotatable bonds is 5. The zero-order valence-electron chi connectivity index (χ0n) is 15.0. The molecule has 1 aromatic rings. The van der Waals surface area contributed by atoms with E-state index in [0.717, 1.165) is 4.47 Å². The number of hydrogen-bond donors (Lipinski definition) is 1. The van der Waals surface area contributed by atoms with Crippen LogP contribution in [0.3, 0.4) is 0 Å². The number of piperazine rings is 1. The van der Waals surface area contributed by atoms with E-state index in [1.54, 1.807) is 4.90 Å². The second-order valence-corrected chi connectivity index (χ2v) is 8.12. The van der Waals surface area contributed by atoms with E-state index in [-0.39, 0.29) is 24.0 Å². The number of benzene rings is 1. The minimum Gasteiger partial charge on any atom is -0.484 e. The zero-order chi connectivity index (χ0) is 18.4. The van der Waals surface area contributed by atoms with E-state index in [1.807, 2.05) is 45.0 Å². The first-order valence-electron chi connectivity index (χ1n) is 8.42. The van der Waals surface area contributed by atoms with Crippen LogP contribution in [0.2, 0.25) is 0 Å². The molecule has 0 aliphatic carbocycles. The number of nitrogens with zero attached hydrogens (tertiary/aromatic N) is 2. The minimum absolute atomic E-state index is 0.0188. The van der Waals surface area contributed by atoms with Crippen molar-refractivity contribution in [2.75, 3.05) is 39.3 Å². The summed E-state index contributed by atoms with van der Waals surface area (Å²) in [5, 5.41) is 2.96. The standard InChI is InChI=1S/C18H26BrN3O3/c1-18(2,3)20-16(23)12-21-7-9-22(10-8-21)17(24)13-25-15-6-4-5-14(19)11-15/h4-6,11H,7-10,12-13H2,1-3H3,(H,20,23). The van der Waals surface area contributed by atoms with E-state index in [0.29, 0.717) is 38.5 Å². The SMILES string of the molecule is CC(C)(C)NC(=O)CN1CCN(C(=O)COc2cccc(Br)c2)CC1. The fourth-order valence-electron chi connectivity index (χ4n) is 2.61. The summed E-state index contributed by atoms with van der Waals surface area (Å²) in [7, 11) is 0. The van der Waals surface area contributed by atoms with E-state index in [4.69, 9.17) is 4.74 Å². The van der Waals surface area contributed by atoms with Crippen LogP contribution in [-0.4, -0.2) is 66.5 Å². The molecule has 1 N–H and O–H groups in total. The molecule has 25 heavy (non-hydrogen) atoms. The Bertz CT molecular complexity index is 608. The van der Waals surface area contributed by atoms with Crippen LogP contribution in [0.5, 0.6) is 5.75 Å². The first kappa shape index (κ1) is 19.7. The molecule has 1 aliphatic rings. The molecule has 0 aromatic heterocycles. The van der Waals surface area contributed by atoms with Gasteiger partial charge in [0, 0.05) is 36.2 Å². The Morgan fingerprint density at radius 1 is 1.20 bits per heavy atom. The number of carbonyl (C=O) groups excluding carboxylic acids is 2. The Morgan fingerprint density at radius 2 is 1.88 bits per heavy atom. The van der Waals surface area contributed by atoms with E-state index >= 15 is 0 Å². The Morgan fingerprint density at radius 3 is 2.48 bits per heavy atom. The maximum Gasteiger partial charge on any atom is 0.260 e. The lowest BCUT2D eigenvalue weighted by Crippen LogP contribution is -2.53. The highest BCUT2D eigenvalue weighted by molar-refractivity contribution is 9.10. The predicted octanol–water partition coefficient (Wildman–Crippen LogP) is 1.89. The van der Waals surface area contributed by atoms with Crippen LogP contribution in [-0.2, 0) is 9.59 Å². The first-order valence-corrected chi connectivity index (χ1v) is 9.22. The van der Waals surface area contributed by atoms with Gasteiger partial charge in [-0.25, -0.2) is 0 Å². The lowest BCUT2D eigenvalue weighted by Gasteiger charge is -2.34. The van der Waals surface area contributed by atoms with Gasteiger partial charge in [-0.3, -0.25) is 14.5 Å². The lowest BCUT2D eigenvalue weighted by atomic mass is 10.1. The molecule has 0 spiro atoms. The molecule has 0 radical (unpaired) electrons. The van der Waals surface area contributed by atoms with Crippen LogP contribution in [0.4, 0.5) is 0 Å². The number of amides is 2. The fraction of sp³-hybridized carbons (Fsp3) is 0.556. The Balaban J connectivity index is 1.72. The molecule has 6 nitrogen and oxygen atoms in total. The Kier molecular flexibility index (Phi) is 6.84. The highest BCUT2D eigenvalue weighted by Crippen LogP contribution is 2.17. The molecule has 1 saturated heterocycles. The first-order chi connectivity index (χ1) is 11.7. The van der Waals surface area contributed by atoms with E-state index < -0.39 is 0 Å². The van der Waals surface area contributed by atoms with Gasteiger partial charge in [0.15, 0.2) is 6.61 Å². The highest BCUT2D eigenvalue weighted by Gasteiger charge is 2.23. The molecule has 2 rings (SSSR count). The van der Waals surface area contributed by atoms with Crippen molar-refractivity contribution in [2.24, 2.45) is 0 Å². The van der Waals surface area contributed by atoms with Gasteiger partial charge in [0.05, 0.1) is 6.54 Å². The molecule has 1 aliphatic heterocycles. The topological polar surface area (TPSA) is 61.9 Å². The summed E-state index contributed by atoms with van der Waals surface area (Å²) in [6, 6.07) is 7.43. The van der Waals surface area contributed by atoms with Crippen molar-refractivity contribution in [3.8, 4) is 5.75 Å². The summed E-state index contributed by atoms with van der Waals surface area (Å²) in [5.41, 5.74) is -0.224. The average molecular weight is 412 g/mol. The molecule has 0 saturated carbocycles. The predicted molar refractivity (Wildman–Crippen MR) is 101 cm³/mol. The minimum atomic E-state index is -0.224. The quantitative estimate of drug-likeness (QED) is 0.803. The fourth-order valence-corrected chi connectivity index (χ4v) is 2.99. The number of nitrogens with one attached hydrogen (secondary N) is 1. The van der Waals surface area contributed by atoms with Gasteiger partial charge >= 0.3 is 0 Å². The maximum atomic E-state index is 12.3. The molecule has 138 valence electrons. The molecule has 2 amide bonds. The average Bonchev–Trinajstić information content (AvgIpc) is 2.51. The largest absolute Gasteiger partial charge is 0.484 e. The Hall–Kier alpha value is -1.60. The van der Waals surface area contributed by atoms with Gasteiger partial charge in [-0.15, -0.1) is 0 Å². The Labute approximate surface area is 157 Å². The van der Waals surface area contributed by atoms with Gasteiger partial charge in [0.25, 0.3) is 5.91 Å². The number of halogens is 1. The van der Waals surface area contributed by atoms with Crippen LogP contribution >= 0.6 is 15.9 Å². The van der Waals surface area contributed by atoms with Crippen molar-refractivity contribution in [2.45, 2.75) is 26.3 Å². The van der Waals surface area contributed by atoms with Crippen molar-refractivity contribution >= 4 is 27.7 Å². The third-order valence-electron chi connectivity index (χ3n) is 3.77. The second-order valence-electron chi connectivity index (χ2n) is 7.20. The van der Waals surface area contributed by atoms with Gasteiger partial charge in [0.2, 0.25) is 5.91 Å². The lowest BCUT2D eigenvalue weighted by molar-refractivity contribution is -0.135. The number of carbonyl (C=O) groups is 2. The highest BCUT2D eigenvalue weighted by atomic mass is 79.9. The normalized spacial score (nSPS) is 15.8. The van der Waals surface area contributed by atoms with Gasteiger partial charge < -0.3 is 15.0 Å². The van der Waals surface area contributed by atoms with Crippen LogP contribution < -0.4 is 10.1 Å². The number of ether oxygens (including phenoxy) is 1. The smallest absolute Gasteiger partial charge is 0.260 e. The van der Waals surface area contributed by atoms with Gasteiger partial charge in [-0.2, -0.15) is 0 Å². The summed E-state index contributed by atoms with van der Waals surface area (Å²) >= 11 is 3.38. The molecule has 7 heteroatoms. The molecule has 1 aromatic carbocycles. The molecule has 0 bridgehead atoms. The van der Waals surface area contributed by atoms with Crippen molar-refractivity contribution in [3.05, 3.63) is 28.7 Å². The zero-order valence-corrected chi connectivity index (χ0v) is 16.6. The third kappa shape index (κ3) is 7.04. The van der Waals surface area contributed by atoms with Crippen LogP contribution in [0.25, 0.3) is 0 Å². The summed E-state index contributed by atoms with van der Waals surface area (Å²) in [4.78, 5) is 28.1. The number of hydrogen-bond acceptors (Lipinski definition) is 4. The van der Waals surface area contributed by atoms with Crippen molar-refractivity contribution < 1.29 is 14.3 Å². The third-order valence-corrected chi connectivity index (χ3v) is 4.26. The van der Waals surface area contributed by atoms with Crippen LogP contribution in [0.15, 0.2) is 28.7 Å². The summed E-state index contributed by atoms with van der Waals surface area (Å²) in [6.07, 6.45) is 0. The monoisotopic (exact) mass is 411 g/mol. The maximum absolute atomic E-state index is 12.3. The molecule has 1 fully saturated rings. The van der Waals surface area contributed by atoms with E-state index in [9.17, 15) is 9.59 Å². The molecular weight excluding hydrogens is 386 g/mol. The van der Waals surface area contributed by atoms with Crippen molar-refractivity contribution in [3.63, 3.8) is 0 Å². The summed E-state index contributed by atoms with van der Waals surface area (Å²) < 4.78 is 6.47. The van der Waals surface area contributed by atoms with Crippen molar-refractivity contribution in [1.82, 2.24) is 15.1 Å². The molecular formula is C18H26BrN3O3. The summed E-state index contributed by atoms with van der Waals surface area (Å²) in [5.74, 6) is 0.657. The van der Waals surface area contributed by atoms with Gasteiger partial charge in [0.1, 0.15) is 5.75 Å². The van der Waals surface area contributed by atoms with Crippen LogP contribution in [0.1, 0.15) is 20.8 Å². The van der Waals surface area contributed by atoms with Gasteiger partial charge in [-0.1, -0.05) is 22.0 Å². The molecule has 1 heterocycles. The van der Waals surface area contributed by atoms with Crippen LogP contribution in [0, 0.1) is 0 Å². The van der Waals surface area contributed by atoms with E-state index in [2.05, 4.69) is 26.1 Å². The second kappa shape index (κ2) is 8.67. The van der Waals surface area contributed by atoms with Crippen molar-refractivity contribution in [1.29, 1.82) is 0 Å². The molecule has 0 atom stereocenters. The van der Waals surface area contributed by atoms with E-state index in [1.165, 1.54) is 0 Å². The van der Waals surface area contributed by atoms with Gasteiger partial charge in [-0.05, 0) is 39.0 Å². The molecule has 0 unspecified atom stereocenters. The summed E-state index contributed by atoms with van der Waals surface area (Å²) in [6.45, 7) is 8.91.